The highest BCUT2D eigenvalue weighted by Gasteiger charge is 2.23. The summed E-state index contributed by atoms with van der Waals surface area (Å²) in [7, 11) is 0. The maximum absolute atomic E-state index is 12.8. The molecule has 1 heterocycles. The van der Waals surface area contributed by atoms with E-state index in [1.54, 1.807) is 24.3 Å². The average molecular weight is 478 g/mol. The van der Waals surface area contributed by atoms with Crippen molar-refractivity contribution in [3.8, 4) is 5.75 Å². The minimum atomic E-state index is -0.220. The lowest BCUT2D eigenvalue weighted by molar-refractivity contribution is -0.118. The first-order valence-electron chi connectivity index (χ1n) is 11.3. The van der Waals surface area contributed by atoms with Crippen LogP contribution in [0.1, 0.15) is 21.5 Å². The van der Waals surface area contributed by atoms with Gasteiger partial charge in [0.1, 0.15) is 5.75 Å². The Labute approximate surface area is 205 Å². The van der Waals surface area contributed by atoms with Gasteiger partial charge >= 0.3 is 0 Å². The fourth-order valence-electron chi connectivity index (χ4n) is 3.92. The Morgan fingerprint density at radius 3 is 2.32 bits per heavy atom. The predicted octanol–water partition coefficient (Wildman–Crippen LogP) is 4.94. The number of aryl methyl sites for hydroxylation is 2. The maximum Gasteiger partial charge on any atom is 0.262 e. The summed E-state index contributed by atoms with van der Waals surface area (Å²) in [6.45, 7) is 6.52. The van der Waals surface area contributed by atoms with E-state index in [-0.39, 0.29) is 18.4 Å². The normalized spacial score (nSPS) is 13.5. The fraction of sp³-hybridized carbons (Fsp3) is 0.259. The van der Waals surface area contributed by atoms with Gasteiger partial charge in [0.25, 0.3) is 11.8 Å². The quantitative estimate of drug-likeness (QED) is 0.546. The Morgan fingerprint density at radius 1 is 0.912 bits per heavy atom. The summed E-state index contributed by atoms with van der Waals surface area (Å²) in [6.07, 6.45) is 0. The number of carbonyl (C=O) groups excluding carboxylic acids is 2. The molecule has 1 aliphatic heterocycles. The molecule has 1 N–H and O–H groups in total. The number of rotatable bonds is 6. The molecule has 0 unspecified atom stereocenters. The molecular formula is C27H28ClN3O3. The lowest BCUT2D eigenvalue weighted by Crippen LogP contribution is -2.49. The van der Waals surface area contributed by atoms with E-state index < -0.39 is 0 Å². The Hall–Kier alpha value is -3.51. The third-order valence-corrected chi connectivity index (χ3v) is 6.28. The van der Waals surface area contributed by atoms with Gasteiger partial charge in [-0.15, -0.1) is 0 Å². The van der Waals surface area contributed by atoms with Gasteiger partial charge in [-0.25, -0.2) is 0 Å². The van der Waals surface area contributed by atoms with Gasteiger partial charge in [0.2, 0.25) is 0 Å². The third kappa shape index (κ3) is 5.69. The van der Waals surface area contributed by atoms with Crippen LogP contribution in [0.3, 0.4) is 0 Å². The van der Waals surface area contributed by atoms with Crippen LogP contribution >= 0.6 is 11.6 Å². The van der Waals surface area contributed by atoms with E-state index in [1.807, 2.05) is 61.2 Å². The van der Waals surface area contributed by atoms with Crippen LogP contribution in [-0.4, -0.2) is 49.5 Å². The molecule has 0 spiro atoms. The van der Waals surface area contributed by atoms with E-state index in [0.717, 1.165) is 16.9 Å². The van der Waals surface area contributed by atoms with Crippen LogP contribution in [0.5, 0.6) is 5.75 Å². The summed E-state index contributed by atoms with van der Waals surface area (Å²) in [5.74, 6) is 0.455. The number of piperazine rings is 1. The van der Waals surface area contributed by atoms with Gasteiger partial charge in [-0.05, 0) is 73.5 Å². The molecule has 0 aliphatic carbocycles. The molecule has 0 radical (unpaired) electrons. The molecule has 2 amide bonds. The van der Waals surface area contributed by atoms with Crippen molar-refractivity contribution in [2.24, 2.45) is 0 Å². The van der Waals surface area contributed by atoms with Crippen LogP contribution in [0.2, 0.25) is 5.02 Å². The number of hydrogen-bond donors (Lipinski definition) is 1. The zero-order valence-corrected chi connectivity index (χ0v) is 20.1. The van der Waals surface area contributed by atoms with Crippen molar-refractivity contribution in [2.45, 2.75) is 13.8 Å². The largest absolute Gasteiger partial charge is 0.484 e. The molecule has 0 aromatic heterocycles. The third-order valence-electron chi connectivity index (χ3n) is 6.03. The van der Waals surface area contributed by atoms with E-state index in [1.165, 1.54) is 5.56 Å². The van der Waals surface area contributed by atoms with Crippen LogP contribution in [0, 0.1) is 13.8 Å². The Morgan fingerprint density at radius 2 is 1.62 bits per heavy atom. The zero-order valence-electron chi connectivity index (χ0n) is 19.4. The predicted molar refractivity (Wildman–Crippen MR) is 136 cm³/mol. The van der Waals surface area contributed by atoms with E-state index in [2.05, 4.69) is 10.2 Å². The summed E-state index contributed by atoms with van der Waals surface area (Å²) in [4.78, 5) is 29.4. The Balaban J connectivity index is 1.35. The second kappa shape index (κ2) is 10.6. The maximum atomic E-state index is 12.8. The van der Waals surface area contributed by atoms with Gasteiger partial charge in [-0.2, -0.15) is 0 Å². The average Bonchev–Trinajstić information content (AvgIpc) is 2.85. The van der Waals surface area contributed by atoms with E-state index >= 15 is 0 Å². The second-order valence-corrected chi connectivity index (χ2v) is 8.82. The van der Waals surface area contributed by atoms with Crippen LogP contribution in [0.15, 0.2) is 66.7 Å². The van der Waals surface area contributed by atoms with Gasteiger partial charge in [0, 0.05) is 36.8 Å². The first-order chi connectivity index (χ1) is 16.4. The summed E-state index contributed by atoms with van der Waals surface area (Å²) in [5, 5.41) is 3.58. The molecule has 3 aromatic rings. The lowest BCUT2D eigenvalue weighted by atomic mass is 10.1. The number of amides is 2. The van der Waals surface area contributed by atoms with Gasteiger partial charge in [-0.3, -0.25) is 9.59 Å². The van der Waals surface area contributed by atoms with Crippen LogP contribution in [0.4, 0.5) is 11.4 Å². The molecule has 0 atom stereocenters. The van der Waals surface area contributed by atoms with Gasteiger partial charge in [0.15, 0.2) is 6.61 Å². The van der Waals surface area contributed by atoms with Crippen molar-refractivity contribution < 1.29 is 14.3 Å². The summed E-state index contributed by atoms with van der Waals surface area (Å²) < 4.78 is 5.67. The zero-order chi connectivity index (χ0) is 24.1. The highest BCUT2D eigenvalue weighted by atomic mass is 35.5. The van der Waals surface area contributed by atoms with Crippen LogP contribution in [0.25, 0.3) is 0 Å². The van der Waals surface area contributed by atoms with Gasteiger partial charge < -0.3 is 19.9 Å². The fourth-order valence-corrected chi connectivity index (χ4v) is 4.05. The number of halogens is 1. The Bertz CT molecular complexity index is 1170. The van der Waals surface area contributed by atoms with E-state index in [0.29, 0.717) is 42.5 Å². The second-order valence-electron chi connectivity index (χ2n) is 8.39. The number of nitrogens with one attached hydrogen (secondary N) is 1. The molecule has 7 heteroatoms. The van der Waals surface area contributed by atoms with Gasteiger partial charge in [-0.1, -0.05) is 29.8 Å². The van der Waals surface area contributed by atoms with Crippen molar-refractivity contribution in [3.05, 3.63) is 88.4 Å². The van der Waals surface area contributed by atoms with Crippen LogP contribution in [-0.2, 0) is 4.79 Å². The monoisotopic (exact) mass is 477 g/mol. The number of nitrogens with zero attached hydrogens (tertiary/aromatic N) is 2. The van der Waals surface area contributed by atoms with Crippen molar-refractivity contribution in [2.75, 3.05) is 43.0 Å². The molecule has 34 heavy (non-hydrogen) atoms. The summed E-state index contributed by atoms with van der Waals surface area (Å²) in [6, 6.07) is 20.5. The number of carbonyl (C=O) groups is 2. The topological polar surface area (TPSA) is 61.9 Å². The van der Waals surface area contributed by atoms with Crippen LogP contribution < -0.4 is 15.0 Å². The molecule has 0 saturated carbocycles. The lowest BCUT2D eigenvalue weighted by Gasteiger charge is -2.37. The highest BCUT2D eigenvalue weighted by Crippen LogP contribution is 2.27. The first-order valence-corrected chi connectivity index (χ1v) is 11.7. The van der Waals surface area contributed by atoms with E-state index in [9.17, 15) is 9.59 Å². The molecule has 1 saturated heterocycles. The number of ether oxygens (including phenoxy) is 1. The van der Waals surface area contributed by atoms with E-state index in [4.69, 9.17) is 16.3 Å². The van der Waals surface area contributed by atoms with Crippen molar-refractivity contribution in [1.29, 1.82) is 0 Å². The molecular weight excluding hydrogens is 450 g/mol. The number of para-hydroxylation sites is 2. The SMILES string of the molecule is Cc1ccc(OCC(=O)Nc2ccccc2N2CCN(C(=O)c3ccc(Cl)cc3)CC2)cc1C. The summed E-state index contributed by atoms with van der Waals surface area (Å²) in [5.41, 5.74) is 4.60. The summed E-state index contributed by atoms with van der Waals surface area (Å²) >= 11 is 5.93. The van der Waals surface area contributed by atoms with Crippen molar-refractivity contribution >= 4 is 34.8 Å². The molecule has 1 fully saturated rings. The number of hydrogen-bond acceptors (Lipinski definition) is 4. The molecule has 1 aliphatic rings. The standard InChI is InChI=1S/C27H28ClN3O3/c1-19-7-12-23(17-20(19)2)34-18-26(32)29-24-5-3-4-6-25(24)30-13-15-31(16-14-30)27(33)21-8-10-22(28)11-9-21/h3-12,17H,13-16,18H2,1-2H3,(H,29,32). The molecule has 6 nitrogen and oxygen atoms in total. The van der Waals surface area contributed by atoms with Crippen molar-refractivity contribution in [3.63, 3.8) is 0 Å². The van der Waals surface area contributed by atoms with Gasteiger partial charge in [0.05, 0.1) is 11.4 Å². The molecule has 4 rings (SSSR count). The highest BCUT2D eigenvalue weighted by molar-refractivity contribution is 6.30. The smallest absolute Gasteiger partial charge is 0.262 e. The molecule has 176 valence electrons. The minimum absolute atomic E-state index is 0.00129. The number of benzene rings is 3. The Kier molecular flexibility index (Phi) is 7.38. The first kappa shape index (κ1) is 23.6. The molecule has 3 aromatic carbocycles. The minimum Gasteiger partial charge on any atom is -0.484 e. The molecule has 0 bridgehead atoms. The van der Waals surface area contributed by atoms with Crippen molar-refractivity contribution in [1.82, 2.24) is 4.90 Å². The number of anilines is 2.